The monoisotopic (exact) mass is 191 g/mol. The third kappa shape index (κ3) is 2.00. The molecule has 3 nitrogen and oxygen atoms in total. The summed E-state index contributed by atoms with van der Waals surface area (Å²) in [5.41, 5.74) is 1.12. The van der Waals surface area contributed by atoms with Crippen LogP contribution in [-0.4, -0.2) is 30.5 Å². The van der Waals surface area contributed by atoms with Crippen molar-refractivity contribution in [1.82, 2.24) is 9.97 Å². The minimum atomic E-state index is 0.553. The third-order valence-corrected chi connectivity index (χ3v) is 2.88. The first-order valence-electron chi connectivity index (χ1n) is 5.26. The number of aromatic nitrogens is 1. The largest absolute Gasteiger partial charge is 0.361 e. The van der Waals surface area contributed by atoms with E-state index in [1.807, 2.05) is 6.92 Å². The maximum absolute atomic E-state index is 5.11. The third-order valence-electron chi connectivity index (χ3n) is 2.88. The molecule has 0 amide bonds. The van der Waals surface area contributed by atoms with Crippen molar-refractivity contribution in [2.75, 3.05) is 13.1 Å². The fraction of sp³-hybridized carbons (Fsp3) is 0.700. The van der Waals surface area contributed by atoms with Crippen LogP contribution in [0.2, 0.25) is 6.82 Å². The highest BCUT2D eigenvalue weighted by molar-refractivity contribution is 6.29. The van der Waals surface area contributed by atoms with Gasteiger partial charge in [0.1, 0.15) is 5.76 Å². The summed E-state index contributed by atoms with van der Waals surface area (Å²) in [6.07, 6.45) is 2.48. The van der Waals surface area contributed by atoms with Gasteiger partial charge in [0.2, 0.25) is 7.41 Å². The van der Waals surface area contributed by atoms with Gasteiger partial charge in [-0.15, -0.1) is 0 Å². The lowest BCUT2D eigenvalue weighted by Gasteiger charge is -2.30. The summed E-state index contributed by atoms with van der Waals surface area (Å²) >= 11 is 0. The lowest BCUT2D eigenvalue weighted by Crippen LogP contribution is -2.35. The van der Waals surface area contributed by atoms with Crippen molar-refractivity contribution in [2.45, 2.75) is 32.5 Å². The molecular formula is C10H16BN2O. The molecule has 0 aliphatic carbocycles. The summed E-state index contributed by atoms with van der Waals surface area (Å²) in [7, 11) is 2.17. The highest BCUT2D eigenvalue weighted by Gasteiger charge is 2.22. The van der Waals surface area contributed by atoms with E-state index in [1.54, 1.807) is 0 Å². The summed E-state index contributed by atoms with van der Waals surface area (Å²) in [4.78, 5) is 2.36. The molecule has 1 saturated heterocycles. The maximum atomic E-state index is 5.11. The van der Waals surface area contributed by atoms with E-state index in [0.29, 0.717) is 5.92 Å². The normalized spacial score (nSPS) is 23.7. The number of piperidine rings is 1. The molecule has 1 radical (unpaired) electrons. The SMILES string of the molecule is C[B]N1CCCC(c2cc(C)on2)C1. The highest BCUT2D eigenvalue weighted by Crippen LogP contribution is 2.25. The van der Waals surface area contributed by atoms with E-state index in [4.69, 9.17) is 4.52 Å². The van der Waals surface area contributed by atoms with Gasteiger partial charge in [0, 0.05) is 12.0 Å². The second-order valence-electron chi connectivity index (χ2n) is 3.95. The van der Waals surface area contributed by atoms with E-state index in [0.717, 1.165) is 18.0 Å². The van der Waals surface area contributed by atoms with Crippen LogP contribution < -0.4 is 0 Å². The highest BCUT2D eigenvalue weighted by atomic mass is 16.5. The van der Waals surface area contributed by atoms with E-state index in [-0.39, 0.29) is 0 Å². The molecule has 1 aliphatic rings. The van der Waals surface area contributed by atoms with Crippen molar-refractivity contribution in [3.8, 4) is 0 Å². The summed E-state index contributed by atoms with van der Waals surface area (Å²) in [6.45, 7) is 6.31. The lowest BCUT2D eigenvalue weighted by atomic mass is 9.86. The van der Waals surface area contributed by atoms with Crippen LogP contribution in [0.25, 0.3) is 0 Å². The van der Waals surface area contributed by atoms with Gasteiger partial charge in [0.05, 0.1) is 5.69 Å². The first kappa shape index (κ1) is 9.78. The number of hydrogen-bond acceptors (Lipinski definition) is 3. The average Bonchev–Trinajstić information content (AvgIpc) is 2.65. The van der Waals surface area contributed by atoms with Gasteiger partial charge in [-0.3, -0.25) is 0 Å². The fourth-order valence-electron chi connectivity index (χ4n) is 2.06. The van der Waals surface area contributed by atoms with E-state index in [9.17, 15) is 0 Å². The van der Waals surface area contributed by atoms with Crippen molar-refractivity contribution in [1.29, 1.82) is 0 Å². The van der Waals surface area contributed by atoms with Crippen molar-refractivity contribution in [2.24, 2.45) is 0 Å². The van der Waals surface area contributed by atoms with Crippen LogP contribution >= 0.6 is 0 Å². The number of nitrogens with zero attached hydrogens (tertiary/aromatic N) is 2. The fourth-order valence-corrected chi connectivity index (χ4v) is 2.06. The van der Waals surface area contributed by atoms with E-state index in [2.05, 4.69) is 30.3 Å². The van der Waals surface area contributed by atoms with Crippen LogP contribution in [0.3, 0.4) is 0 Å². The Hall–Kier alpha value is -0.765. The summed E-state index contributed by atoms with van der Waals surface area (Å²) < 4.78 is 5.11. The Labute approximate surface area is 85.7 Å². The molecule has 75 valence electrons. The first-order chi connectivity index (χ1) is 6.79. The molecule has 2 heterocycles. The Bertz CT molecular complexity index is 300. The molecule has 1 fully saturated rings. The van der Waals surface area contributed by atoms with Crippen LogP contribution in [-0.2, 0) is 0 Å². The second kappa shape index (κ2) is 4.17. The minimum Gasteiger partial charge on any atom is -0.361 e. The molecule has 0 saturated carbocycles. The second-order valence-corrected chi connectivity index (χ2v) is 3.95. The molecule has 1 aromatic heterocycles. The summed E-state index contributed by atoms with van der Waals surface area (Å²) in [6, 6.07) is 2.06. The Morgan fingerprint density at radius 1 is 1.64 bits per heavy atom. The zero-order chi connectivity index (χ0) is 9.97. The van der Waals surface area contributed by atoms with Crippen molar-refractivity contribution >= 4 is 7.41 Å². The molecule has 0 aromatic carbocycles. The zero-order valence-corrected chi connectivity index (χ0v) is 8.86. The van der Waals surface area contributed by atoms with Crippen LogP contribution in [0.1, 0.15) is 30.2 Å². The van der Waals surface area contributed by atoms with Gasteiger partial charge in [-0.25, -0.2) is 0 Å². The van der Waals surface area contributed by atoms with Crippen LogP contribution in [0.5, 0.6) is 0 Å². The predicted octanol–water partition coefficient (Wildman–Crippen LogP) is 1.83. The minimum absolute atomic E-state index is 0.553. The Kier molecular flexibility index (Phi) is 2.92. The van der Waals surface area contributed by atoms with Gasteiger partial charge in [-0.2, -0.15) is 0 Å². The topological polar surface area (TPSA) is 29.3 Å². The van der Waals surface area contributed by atoms with Gasteiger partial charge in [0.25, 0.3) is 0 Å². The number of rotatable bonds is 2. The molecule has 14 heavy (non-hydrogen) atoms. The maximum Gasteiger partial charge on any atom is 0.205 e. The smallest absolute Gasteiger partial charge is 0.205 e. The Balaban J connectivity index is 2.04. The van der Waals surface area contributed by atoms with Crippen molar-refractivity contribution in [3.05, 3.63) is 17.5 Å². The Morgan fingerprint density at radius 3 is 3.14 bits per heavy atom. The van der Waals surface area contributed by atoms with Crippen LogP contribution in [0.4, 0.5) is 0 Å². The van der Waals surface area contributed by atoms with E-state index >= 15 is 0 Å². The molecule has 1 unspecified atom stereocenters. The lowest BCUT2D eigenvalue weighted by molar-refractivity contribution is 0.309. The zero-order valence-electron chi connectivity index (χ0n) is 8.86. The van der Waals surface area contributed by atoms with Crippen molar-refractivity contribution in [3.63, 3.8) is 0 Å². The summed E-state index contributed by atoms with van der Waals surface area (Å²) in [5.74, 6) is 1.47. The Morgan fingerprint density at radius 2 is 2.50 bits per heavy atom. The summed E-state index contributed by atoms with van der Waals surface area (Å²) in [5, 5.41) is 4.09. The van der Waals surface area contributed by atoms with Crippen molar-refractivity contribution < 1.29 is 4.52 Å². The molecule has 1 aliphatic heterocycles. The average molecular weight is 191 g/mol. The quantitative estimate of drug-likeness (QED) is 0.667. The van der Waals surface area contributed by atoms with Crippen LogP contribution in [0.15, 0.2) is 10.6 Å². The molecule has 0 bridgehead atoms. The number of aryl methyl sites for hydroxylation is 1. The molecule has 2 rings (SSSR count). The predicted molar refractivity (Wildman–Crippen MR) is 56.4 cm³/mol. The van der Waals surface area contributed by atoms with E-state index in [1.165, 1.54) is 19.4 Å². The molecular weight excluding hydrogens is 175 g/mol. The molecule has 1 atom stereocenters. The molecule has 4 heteroatoms. The van der Waals surface area contributed by atoms with Gasteiger partial charge in [-0.1, -0.05) is 12.0 Å². The van der Waals surface area contributed by atoms with Gasteiger partial charge < -0.3 is 9.33 Å². The first-order valence-corrected chi connectivity index (χ1v) is 5.26. The molecule has 1 aromatic rings. The number of hydrogen-bond donors (Lipinski definition) is 0. The van der Waals surface area contributed by atoms with Gasteiger partial charge in [-0.05, 0) is 32.9 Å². The van der Waals surface area contributed by atoms with Crippen LogP contribution in [0, 0.1) is 6.92 Å². The molecule has 0 N–H and O–H groups in total. The van der Waals surface area contributed by atoms with Gasteiger partial charge in [0.15, 0.2) is 0 Å². The molecule has 0 spiro atoms. The van der Waals surface area contributed by atoms with E-state index < -0.39 is 0 Å². The van der Waals surface area contributed by atoms with Gasteiger partial charge >= 0.3 is 0 Å². The standard InChI is InChI=1S/C10H16BN2O/c1-8-6-10(12-14-8)9-4-3-5-13(7-9)11-2/h6,9H,3-5,7H2,1-2H3.